The van der Waals surface area contributed by atoms with Gasteiger partial charge in [-0.2, -0.15) is 0 Å². The Morgan fingerprint density at radius 1 is 0.364 bits per heavy atom. The third-order valence-electron chi connectivity index (χ3n) is 12.3. The molecule has 15 heteroatoms. The summed E-state index contributed by atoms with van der Waals surface area (Å²) in [5, 5.41) is 0. The zero-order valence-corrected chi connectivity index (χ0v) is 51.4. The predicted octanol–water partition coefficient (Wildman–Crippen LogP) is 13.9. The maximum absolute atomic E-state index is 15.3. The molecular formula is C62H91N3O12. The van der Waals surface area contributed by atoms with Crippen molar-refractivity contribution in [3.63, 3.8) is 0 Å². The molecule has 4 rings (SSSR count). The summed E-state index contributed by atoms with van der Waals surface area (Å²) < 4.78 is 38.1. The molecule has 0 N–H and O–H groups in total. The molecule has 0 spiro atoms. The summed E-state index contributed by atoms with van der Waals surface area (Å²) >= 11 is 0. The van der Waals surface area contributed by atoms with Gasteiger partial charge in [0.05, 0.1) is 19.6 Å². The van der Waals surface area contributed by atoms with Gasteiger partial charge in [0, 0.05) is 27.8 Å². The Morgan fingerprint density at radius 3 is 0.779 bits per heavy atom. The fourth-order valence-corrected chi connectivity index (χ4v) is 8.61. The van der Waals surface area contributed by atoms with E-state index >= 15 is 14.4 Å². The molecule has 0 aliphatic rings. The van der Waals surface area contributed by atoms with Crippen LogP contribution in [0.4, 0.5) is 14.4 Å². The molecule has 0 saturated heterocycles. The van der Waals surface area contributed by atoms with Gasteiger partial charge in [-0.3, -0.25) is 0 Å². The molecule has 0 atom stereocenters. The number of carbonyl (C=O) groups excluding carboxylic acids is 3. The van der Waals surface area contributed by atoms with E-state index in [1.807, 2.05) is 154 Å². The second-order valence-electron chi connectivity index (χ2n) is 28.8. The minimum absolute atomic E-state index is 0.191. The fourth-order valence-electron chi connectivity index (χ4n) is 8.61. The van der Waals surface area contributed by atoms with Crippen molar-refractivity contribution in [2.24, 2.45) is 0 Å². The summed E-state index contributed by atoms with van der Waals surface area (Å²) in [5.74, 6) is 0.766. The third-order valence-corrected chi connectivity index (χ3v) is 12.3. The molecule has 15 nitrogen and oxygen atoms in total. The summed E-state index contributed by atoms with van der Waals surface area (Å²) in [7, 11) is 0. The summed E-state index contributed by atoms with van der Waals surface area (Å²) in [6.07, 6.45) is -2.62. The Bertz CT molecular complexity index is 2840. The quantitative estimate of drug-likeness (QED) is 0.0837. The normalized spacial score (nSPS) is 13.1. The van der Waals surface area contributed by atoms with E-state index in [2.05, 4.69) is 0 Å². The van der Waals surface area contributed by atoms with Crippen molar-refractivity contribution in [1.82, 2.24) is 13.7 Å². The van der Waals surface area contributed by atoms with Gasteiger partial charge in [0.15, 0.2) is 0 Å². The van der Waals surface area contributed by atoms with E-state index in [0.717, 1.165) is 13.7 Å². The average Bonchev–Trinajstić information content (AvgIpc) is 3.19. The number of hydrogen-bond acceptors (Lipinski definition) is 12. The summed E-state index contributed by atoms with van der Waals surface area (Å²) in [6.45, 7) is 48.5. The van der Waals surface area contributed by atoms with Gasteiger partial charge in [0.25, 0.3) is 0 Å². The first-order chi connectivity index (χ1) is 34.5. The van der Waals surface area contributed by atoms with Gasteiger partial charge in [-0.25, -0.2) is 42.5 Å². The van der Waals surface area contributed by atoms with Gasteiger partial charge >= 0.3 is 35.5 Å². The molecule has 0 aliphatic heterocycles. The van der Waals surface area contributed by atoms with Crippen LogP contribution in [0, 0.1) is 0 Å². The summed E-state index contributed by atoms with van der Waals surface area (Å²) in [6, 6.07) is 10.9. The van der Waals surface area contributed by atoms with E-state index in [9.17, 15) is 14.4 Å². The Labute approximate surface area is 458 Å². The zero-order chi connectivity index (χ0) is 59.3. The van der Waals surface area contributed by atoms with Crippen LogP contribution < -0.4 is 31.3 Å². The molecule has 0 saturated carbocycles. The largest absolute Gasteiger partial charge is 0.514 e. The van der Waals surface area contributed by atoms with E-state index in [-0.39, 0.29) is 25.6 Å². The predicted molar refractivity (Wildman–Crippen MR) is 304 cm³/mol. The van der Waals surface area contributed by atoms with Crippen molar-refractivity contribution in [3.8, 4) is 17.2 Å². The van der Waals surface area contributed by atoms with Crippen LogP contribution in [0.3, 0.4) is 0 Å². The standard InChI is InChI=1S/C62H91N3O12/c1-36(2)40-27-37(28-41(55(3,4)5)46(40)72-52(69)75-60(18,19)20)33-63-49(66)64(34-38-29-42(56(6,7)8)47(43(30-38)57(9,10)11)73-53(70)76-61(21,22)23)51(68)65(50(63)67)35-39-31-44(58(12,13)14)48(45(32-39)59(15,16)17)74-54(71)77-62(24,25)26/h27-32,36H,33-35H2,1-26H3. The van der Waals surface area contributed by atoms with Crippen molar-refractivity contribution < 1.29 is 42.8 Å². The first kappa shape index (κ1) is 63.4. The lowest BCUT2D eigenvalue weighted by Gasteiger charge is -2.31. The molecule has 426 valence electrons. The zero-order valence-electron chi connectivity index (χ0n) is 51.4. The van der Waals surface area contributed by atoms with Crippen LogP contribution in [-0.4, -0.2) is 49.0 Å². The molecule has 0 amide bonds. The molecule has 1 heterocycles. The van der Waals surface area contributed by atoms with Crippen molar-refractivity contribution in [1.29, 1.82) is 0 Å². The van der Waals surface area contributed by atoms with Crippen molar-refractivity contribution in [2.75, 3.05) is 0 Å². The maximum Gasteiger partial charge on any atom is 0.514 e. The highest BCUT2D eigenvalue weighted by Crippen LogP contribution is 2.44. The Hall–Kier alpha value is -6.12. The number of hydrogen-bond donors (Lipinski definition) is 0. The molecule has 0 unspecified atom stereocenters. The van der Waals surface area contributed by atoms with E-state index in [4.69, 9.17) is 28.4 Å². The van der Waals surface area contributed by atoms with Gasteiger partial charge in [0.1, 0.15) is 34.1 Å². The molecule has 4 aromatic rings. The molecular weight excluding hydrogens is 979 g/mol. The number of ether oxygens (including phenoxy) is 6. The highest BCUT2D eigenvalue weighted by atomic mass is 16.7. The Kier molecular flexibility index (Phi) is 18.1. The number of nitrogens with zero attached hydrogens (tertiary/aromatic N) is 3. The molecule has 77 heavy (non-hydrogen) atoms. The highest BCUT2D eigenvalue weighted by molar-refractivity contribution is 5.69. The number of rotatable bonds is 10. The second-order valence-corrected chi connectivity index (χ2v) is 28.8. The third kappa shape index (κ3) is 16.7. The average molecular weight is 1070 g/mol. The Balaban J connectivity index is 2.17. The molecule has 3 aromatic carbocycles. The highest BCUT2D eigenvalue weighted by Gasteiger charge is 2.35. The van der Waals surface area contributed by atoms with Crippen LogP contribution in [-0.2, 0) is 60.9 Å². The molecule has 0 bridgehead atoms. The Morgan fingerprint density at radius 2 is 0.571 bits per heavy atom. The fraction of sp³-hybridized carbons (Fsp3) is 0.613. The van der Waals surface area contributed by atoms with Gasteiger partial charge in [-0.05, 0) is 148 Å². The van der Waals surface area contributed by atoms with Crippen molar-refractivity contribution >= 4 is 18.5 Å². The van der Waals surface area contributed by atoms with Crippen LogP contribution in [0.25, 0.3) is 0 Å². The monoisotopic (exact) mass is 1070 g/mol. The van der Waals surface area contributed by atoms with Crippen LogP contribution in [0.1, 0.15) is 236 Å². The van der Waals surface area contributed by atoms with Gasteiger partial charge in [-0.1, -0.05) is 124 Å². The molecule has 0 radical (unpaired) electrons. The van der Waals surface area contributed by atoms with Crippen LogP contribution >= 0.6 is 0 Å². The summed E-state index contributed by atoms with van der Waals surface area (Å²) in [5.41, 5.74) is -2.68. The van der Waals surface area contributed by atoms with E-state index in [0.29, 0.717) is 67.3 Å². The molecule has 0 fully saturated rings. The minimum Gasteiger partial charge on any atom is -0.428 e. The second kappa shape index (κ2) is 22.0. The van der Waals surface area contributed by atoms with E-state index in [1.165, 1.54) is 0 Å². The van der Waals surface area contributed by atoms with E-state index in [1.54, 1.807) is 62.3 Å². The first-order valence-corrected chi connectivity index (χ1v) is 26.7. The first-order valence-electron chi connectivity index (χ1n) is 26.7. The smallest absolute Gasteiger partial charge is 0.428 e. The molecule has 1 aromatic heterocycles. The van der Waals surface area contributed by atoms with Gasteiger partial charge < -0.3 is 28.4 Å². The van der Waals surface area contributed by atoms with Crippen LogP contribution in [0.2, 0.25) is 0 Å². The van der Waals surface area contributed by atoms with Crippen molar-refractivity contribution in [2.45, 2.75) is 249 Å². The lowest BCUT2D eigenvalue weighted by Crippen LogP contribution is -2.55. The van der Waals surface area contributed by atoms with Crippen LogP contribution in [0.5, 0.6) is 17.2 Å². The number of aromatic nitrogens is 3. The van der Waals surface area contributed by atoms with Crippen LogP contribution in [0.15, 0.2) is 50.8 Å². The maximum atomic E-state index is 15.3. The SMILES string of the molecule is CC(C)c1cc(Cn2c(=O)n(Cc3cc(C(C)(C)C)c(OC(=O)OC(C)(C)C)c(C(C)(C)C)c3)c(=O)n(Cc3cc(C(C)(C)C)c(OC(=O)OC(C)(C)C)c(C(C)(C)C)c3)c2=O)cc(C(C)(C)C)c1OC(=O)OC(C)(C)C. The van der Waals surface area contributed by atoms with Gasteiger partial charge in [0.2, 0.25) is 0 Å². The van der Waals surface area contributed by atoms with E-state index < -0.39 is 79.4 Å². The summed E-state index contributed by atoms with van der Waals surface area (Å²) in [4.78, 5) is 85.8. The van der Waals surface area contributed by atoms with Crippen molar-refractivity contribution in [3.05, 3.63) is 118 Å². The molecule has 0 aliphatic carbocycles. The van der Waals surface area contributed by atoms with Gasteiger partial charge in [-0.15, -0.1) is 0 Å². The number of carbonyl (C=O) groups is 3. The number of benzene rings is 3. The topological polar surface area (TPSA) is 173 Å². The lowest BCUT2D eigenvalue weighted by molar-refractivity contribution is 0.0185. The minimum atomic E-state index is -0.874. The lowest BCUT2D eigenvalue weighted by atomic mass is 9.78.